The fourth-order valence-electron chi connectivity index (χ4n) is 1.59. The quantitative estimate of drug-likeness (QED) is 0.572. The molecule has 0 spiro atoms. The molecule has 1 aromatic carbocycles. The van der Waals surface area contributed by atoms with Crippen molar-refractivity contribution in [3.8, 4) is 0 Å². The molecule has 106 valence electrons. The number of carbonyl (C=O) groups excluding carboxylic acids is 1. The molecule has 0 saturated heterocycles. The number of carbonyl (C=O) groups is 1. The molecule has 20 heavy (non-hydrogen) atoms. The lowest BCUT2D eigenvalue weighted by atomic mass is 10.1. The second kappa shape index (κ2) is 5.99. The Kier molecular flexibility index (Phi) is 4.71. The highest BCUT2D eigenvalue weighted by atomic mass is 79.9. The van der Waals surface area contributed by atoms with Gasteiger partial charge in [0, 0.05) is 16.3 Å². The van der Waals surface area contributed by atoms with E-state index in [1.54, 1.807) is 5.38 Å². The number of alkyl halides is 3. The predicted octanol–water partition coefficient (Wildman–Crippen LogP) is 5.72. The molecular weight excluding hydrogens is 421 g/mol. The van der Waals surface area contributed by atoms with Crippen molar-refractivity contribution in [3.63, 3.8) is 0 Å². The minimum absolute atomic E-state index is 0.0731. The van der Waals surface area contributed by atoms with E-state index in [2.05, 4.69) is 31.9 Å². The van der Waals surface area contributed by atoms with Crippen LogP contribution in [0.1, 0.15) is 20.8 Å². The summed E-state index contributed by atoms with van der Waals surface area (Å²) in [7, 11) is 0. The van der Waals surface area contributed by atoms with E-state index in [1.165, 1.54) is 23.5 Å². The number of thiophene rings is 1. The molecule has 0 radical (unpaired) electrons. The number of hydrogen-bond donors (Lipinski definition) is 0. The largest absolute Gasteiger partial charge is 0.416 e. The molecule has 0 atom stereocenters. The maximum absolute atomic E-state index is 12.4. The first-order valence-electron chi connectivity index (χ1n) is 5.41. The van der Waals surface area contributed by atoms with Gasteiger partial charge in [-0.25, -0.2) is 0 Å². The number of halogens is 5. The summed E-state index contributed by atoms with van der Waals surface area (Å²) in [6, 6.07) is 4.64. The summed E-state index contributed by atoms with van der Waals surface area (Å²) in [5.41, 5.74) is -0.159. The Labute approximate surface area is 134 Å². The number of Topliss-reactive ketones (excluding diaryl/α,β-unsaturated/α-hetero) is 1. The first-order valence-corrected chi connectivity index (χ1v) is 7.87. The minimum Gasteiger partial charge on any atom is -0.293 e. The van der Waals surface area contributed by atoms with Crippen molar-refractivity contribution in [2.75, 3.05) is 0 Å². The normalized spacial score (nSPS) is 11.7. The van der Waals surface area contributed by atoms with Crippen molar-refractivity contribution >= 4 is 49.0 Å². The predicted molar refractivity (Wildman–Crippen MR) is 79.2 cm³/mol. The lowest BCUT2D eigenvalue weighted by molar-refractivity contribution is -0.137. The molecule has 0 fully saturated rings. The Morgan fingerprint density at radius 3 is 2.20 bits per heavy atom. The number of ketones is 1. The molecule has 1 heterocycles. The van der Waals surface area contributed by atoms with Gasteiger partial charge in [0.1, 0.15) is 0 Å². The Hall–Kier alpha value is -0.660. The molecular formula is C13H7Br2F3OS. The Morgan fingerprint density at radius 1 is 1.15 bits per heavy atom. The first kappa shape index (κ1) is 15.7. The summed E-state index contributed by atoms with van der Waals surface area (Å²) in [6.07, 6.45) is -4.28. The second-order valence-corrected chi connectivity index (χ2v) is 6.55. The topological polar surface area (TPSA) is 17.1 Å². The van der Waals surface area contributed by atoms with Crippen molar-refractivity contribution in [2.45, 2.75) is 12.6 Å². The van der Waals surface area contributed by atoms with Crippen LogP contribution in [0.25, 0.3) is 0 Å². The molecule has 0 aliphatic rings. The van der Waals surface area contributed by atoms with E-state index >= 15 is 0 Å². The average Bonchev–Trinajstić information content (AvgIpc) is 2.69. The van der Waals surface area contributed by atoms with Crippen LogP contribution in [0.2, 0.25) is 0 Å². The highest BCUT2D eigenvalue weighted by Crippen LogP contribution is 2.33. The van der Waals surface area contributed by atoms with Gasteiger partial charge in [0.2, 0.25) is 0 Å². The summed E-state index contributed by atoms with van der Waals surface area (Å²) in [6.45, 7) is 0. The van der Waals surface area contributed by atoms with E-state index in [4.69, 9.17) is 0 Å². The van der Waals surface area contributed by atoms with Crippen LogP contribution < -0.4 is 0 Å². The van der Waals surface area contributed by atoms with Gasteiger partial charge in [-0.3, -0.25) is 4.79 Å². The number of benzene rings is 1. The van der Waals surface area contributed by atoms with Crippen LogP contribution in [0, 0.1) is 0 Å². The molecule has 0 aliphatic heterocycles. The molecule has 1 aromatic heterocycles. The van der Waals surface area contributed by atoms with Crippen molar-refractivity contribution in [2.24, 2.45) is 0 Å². The lowest BCUT2D eigenvalue weighted by Gasteiger charge is -2.07. The summed E-state index contributed by atoms with van der Waals surface area (Å²) >= 11 is 7.87. The van der Waals surface area contributed by atoms with E-state index in [-0.39, 0.29) is 12.2 Å². The summed E-state index contributed by atoms with van der Waals surface area (Å²) in [5.74, 6) is -0.132. The van der Waals surface area contributed by atoms with E-state index in [1.807, 2.05) is 0 Å². The third kappa shape index (κ3) is 3.51. The average molecular weight is 428 g/mol. The van der Waals surface area contributed by atoms with Gasteiger partial charge in [-0.05, 0) is 49.6 Å². The molecule has 0 aliphatic carbocycles. The van der Waals surface area contributed by atoms with E-state index in [0.717, 1.165) is 16.6 Å². The molecule has 0 saturated carbocycles. The SMILES string of the molecule is O=C(Cc1ccc(C(F)(F)F)cc1)c1scc(Br)c1Br. The molecule has 0 unspecified atom stereocenters. The van der Waals surface area contributed by atoms with Crippen LogP contribution in [-0.4, -0.2) is 5.78 Å². The molecule has 2 rings (SSSR count). The molecule has 0 bridgehead atoms. The Balaban J connectivity index is 2.15. The highest BCUT2D eigenvalue weighted by Gasteiger charge is 2.30. The van der Waals surface area contributed by atoms with E-state index in [9.17, 15) is 18.0 Å². The monoisotopic (exact) mass is 426 g/mol. The molecule has 0 amide bonds. The van der Waals surface area contributed by atoms with Gasteiger partial charge >= 0.3 is 6.18 Å². The van der Waals surface area contributed by atoms with Crippen molar-refractivity contribution < 1.29 is 18.0 Å². The van der Waals surface area contributed by atoms with Gasteiger partial charge in [0.15, 0.2) is 5.78 Å². The van der Waals surface area contributed by atoms with Gasteiger partial charge < -0.3 is 0 Å². The van der Waals surface area contributed by atoms with Crippen LogP contribution in [0.3, 0.4) is 0 Å². The van der Waals surface area contributed by atoms with Crippen molar-refractivity contribution in [1.82, 2.24) is 0 Å². The molecule has 0 N–H and O–H groups in total. The standard InChI is InChI=1S/C13H7Br2F3OS/c14-9-6-20-12(11(9)15)10(19)5-7-1-3-8(4-2-7)13(16,17)18/h1-4,6H,5H2. The number of hydrogen-bond acceptors (Lipinski definition) is 2. The fraction of sp³-hybridized carbons (Fsp3) is 0.154. The molecule has 2 aromatic rings. The zero-order chi connectivity index (χ0) is 14.9. The minimum atomic E-state index is -4.36. The molecule has 1 nitrogen and oxygen atoms in total. The molecule has 7 heteroatoms. The van der Waals surface area contributed by atoms with Gasteiger partial charge in [-0.15, -0.1) is 11.3 Å². The maximum atomic E-state index is 12.4. The summed E-state index contributed by atoms with van der Waals surface area (Å²) in [4.78, 5) is 12.6. The third-order valence-electron chi connectivity index (χ3n) is 2.59. The van der Waals surface area contributed by atoms with Crippen LogP contribution in [0.15, 0.2) is 38.6 Å². The maximum Gasteiger partial charge on any atom is 0.416 e. The van der Waals surface area contributed by atoms with Crippen LogP contribution in [0.4, 0.5) is 13.2 Å². The van der Waals surface area contributed by atoms with Gasteiger partial charge in [-0.1, -0.05) is 12.1 Å². The Morgan fingerprint density at radius 2 is 1.75 bits per heavy atom. The van der Waals surface area contributed by atoms with Crippen LogP contribution in [0.5, 0.6) is 0 Å². The lowest BCUT2D eigenvalue weighted by Crippen LogP contribution is -2.06. The van der Waals surface area contributed by atoms with Crippen LogP contribution in [-0.2, 0) is 12.6 Å². The zero-order valence-corrected chi connectivity index (χ0v) is 13.8. The smallest absolute Gasteiger partial charge is 0.293 e. The van der Waals surface area contributed by atoms with Gasteiger partial charge in [0.05, 0.1) is 14.9 Å². The summed E-state index contributed by atoms with van der Waals surface area (Å²) in [5, 5.41) is 1.78. The first-order chi connectivity index (χ1) is 9.29. The second-order valence-electron chi connectivity index (χ2n) is 4.02. The zero-order valence-electron chi connectivity index (χ0n) is 9.80. The van der Waals surface area contributed by atoms with Crippen molar-refractivity contribution in [1.29, 1.82) is 0 Å². The fourth-order valence-corrected chi connectivity index (χ4v) is 3.72. The third-order valence-corrected chi connectivity index (χ3v) is 6.16. The Bertz CT molecular complexity index is 632. The number of rotatable bonds is 3. The summed E-state index contributed by atoms with van der Waals surface area (Å²) < 4.78 is 38.7. The van der Waals surface area contributed by atoms with Gasteiger partial charge in [-0.2, -0.15) is 13.2 Å². The van der Waals surface area contributed by atoms with E-state index in [0.29, 0.717) is 14.9 Å². The van der Waals surface area contributed by atoms with E-state index < -0.39 is 11.7 Å². The van der Waals surface area contributed by atoms with Crippen molar-refractivity contribution in [3.05, 3.63) is 54.6 Å². The highest BCUT2D eigenvalue weighted by molar-refractivity contribution is 9.13. The van der Waals surface area contributed by atoms with Crippen LogP contribution >= 0.6 is 43.2 Å². The van der Waals surface area contributed by atoms with Gasteiger partial charge in [0.25, 0.3) is 0 Å².